The van der Waals surface area contributed by atoms with Gasteiger partial charge in [-0.2, -0.15) is 0 Å². The monoisotopic (exact) mass is 381 g/mol. The lowest BCUT2D eigenvalue weighted by atomic mass is 9.81. The highest BCUT2D eigenvalue weighted by Gasteiger charge is 2.49. The molecule has 0 amide bonds. The zero-order valence-electron chi connectivity index (χ0n) is 17.2. The number of benzene rings is 1. The van der Waals surface area contributed by atoms with E-state index in [4.69, 9.17) is 0 Å². The lowest BCUT2D eigenvalue weighted by Gasteiger charge is -2.30. The maximum absolute atomic E-state index is 11.3. The van der Waals surface area contributed by atoms with Crippen LogP contribution in [0.4, 0.5) is 0 Å². The number of hydrogen-bond acceptors (Lipinski definition) is 2. The number of carboxylic acid groups (broad SMARTS) is 1. The van der Waals surface area contributed by atoms with E-state index in [1.54, 1.807) is 5.57 Å². The second kappa shape index (κ2) is 8.41. The van der Waals surface area contributed by atoms with Crippen LogP contribution in [0.15, 0.2) is 35.9 Å². The van der Waals surface area contributed by atoms with Crippen LogP contribution in [-0.4, -0.2) is 23.2 Å². The summed E-state index contributed by atoms with van der Waals surface area (Å²) >= 11 is 0. The third kappa shape index (κ3) is 4.68. The molecule has 152 valence electrons. The fourth-order valence-electron chi connectivity index (χ4n) is 5.15. The quantitative estimate of drug-likeness (QED) is 0.580. The number of carbonyl (C=O) groups is 1. The first-order valence-corrected chi connectivity index (χ1v) is 11.3. The molecule has 3 nitrogen and oxygen atoms in total. The van der Waals surface area contributed by atoms with Crippen molar-refractivity contribution in [2.75, 3.05) is 0 Å². The molecule has 0 spiro atoms. The van der Waals surface area contributed by atoms with Crippen molar-refractivity contribution >= 4 is 12.0 Å². The molecule has 0 saturated heterocycles. The third-order valence-electron chi connectivity index (χ3n) is 7.46. The van der Waals surface area contributed by atoms with Crippen LogP contribution in [0.2, 0.25) is 0 Å². The molecule has 1 aromatic carbocycles. The third-order valence-corrected chi connectivity index (χ3v) is 7.46. The van der Waals surface area contributed by atoms with Crippen LogP contribution < -0.4 is 5.32 Å². The van der Waals surface area contributed by atoms with Gasteiger partial charge in [0.15, 0.2) is 0 Å². The number of nitrogens with one attached hydrogen (secondary N) is 1. The molecule has 3 saturated carbocycles. The first-order chi connectivity index (χ1) is 13.6. The van der Waals surface area contributed by atoms with E-state index in [9.17, 15) is 9.90 Å². The fraction of sp³-hybridized carbons (Fsp3) is 0.640. The van der Waals surface area contributed by atoms with Crippen LogP contribution in [0.5, 0.6) is 0 Å². The number of rotatable bonds is 9. The molecule has 2 atom stereocenters. The molecule has 3 heteroatoms. The Morgan fingerprint density at radius 1 is 1.18 bits per heavy atom. The lowest BCUT2D eigenvalue weighted by Crippen LogP contribution is -2.35. The first-order valence-electron chi connectivity index (χ1n) is 11.3. The Hall–Kier alpha value is -1.61. The molecule has 0 aromatic heterocycles. The maximum Gasteiger partial charge on any atom is 0.309 e. The van der Waals surface area contributed by atoms with E-state index in [2.05, 4.69) is 48.6 Å². The average molecular weight is 382 g/mol. The zero-order chi connectivity index (χ0) is 19.6. The summed E-state index contributed by atoms with van der Waals surface area (Å²) in [7, 11) is 0. The highest BCUT2D eigenvalue weighted by Crippen LogP contribution is 2.51. The number of hydrogen-bond donors (Lipinski definition) is 2. The van der Waals surface area contributed by atoms with Gasteiger partial charge >= 0.3 is 5.97 Å². The number of carboxylic acids is 1. The van der Waals surface area contributed by atoms with Crippen LogP contribution >= 0.6 is 0 Å². The molecule has 0 aliphatic heterocycles. The summed E-state index contributed by atoms with van der Waals surface area (Å²) in [6.45, 7) is 2.28. The van der Waals surface area contributed by atoms with E-state index in [0.29, 0.717) is 18.0 Å². The van der Waals surface area contributed by atoms with Gasteiger partial charge in [-0.3, -0.25) is 4.79 Å². The molecular weight excluding hydrogens is 346 g/mol. The van der Waals surface area contributed by atoms with Gasteiger partial charge in [-0.15, -0.1) is 0 Å². The summed E-state index contributed by atoms with van der Waals surface area (Å²) in [5.41, 5.74) is 2.57. The fourth-order valence-corrected chi connectivity index (χ4v) is 5.15. The van der Waals surface area contributed by atoms with E-state index >= 15 is 0 Å². The Morgan fingerprint density at radius 3 is 2.50 bits per heavy atom. The van der Waals surface area contributed by atoms with Crippen molar-refractivity contribution in [3.8, 4) is 0 Å². The molecule has 3 aliphatic rings. The van der Waals surface area contributed by atoms with Gasteiger partial charge in [0.2, 0.25) is 0 Å². The van der Waals surface area contributed by atoms with Crippen molar-refractivity contribution in [1.82, 2.24) is 5.32 Å². The van der Waals surface area contributed by atoms with E-state index < -0.39 is 5.97 Å². The second-order valence-corrected chi connectivity index (χ2v) is 9.44. The van der Waals surface area contributed by atoms with Gasteiger partial charge in [0, 0.05) is 12.1 Å². The molecule has 4 rings (SSSR count). The van der Waals surface area contributed by atoms with Crippen molar-refractivity contribution < 1.29 is 9.90 Å². The van der Waals surface area contributed by atoms with Crippen LogP contribution in [0, 0.1) is 17.3 Å². The molecule has 3 fully saturated rings. The van der Waals surface area contributed by atoms with E-state index in [-0.39, 0.29) is 5.41 Å². The molecule has 28 heavy (non-hydrogen) atoms. The molecule has 0 heterocycles. The van der Waals surface area contributed by atoms with Crippen LogP contribution in [-0.2, 0) is 4.79 Å². The Labute approximate surface area is 169 Å². The summed E-state index contributed by atoms with van der Waals surface area (Å²) in [6, 6.07) is 12.0. The summed E-state index contributed by atoms with van der Waals surface area (Å²) in [4.78, 5) is 11.3. The summed E-state index contributed by atoms with van der Waals surface area (Å²) in [5, 5.41) is 13.3. The van der Waals surface area contributed by atoms with Crippen molar-refractivity contribution in [2.45, 2.75) is 83.2 Å². The predicted molar refractivity (Wildman–Crippen MR) is 114 cm³/mol. The summed E-state index contributed by atoms with van der Waals surface area (Å²) in [5.74, 6) is 0.903. The first kappa shape index (κ1) is 19.7. The molecule has 0 radical (unpaired) electrons. The minimum absolute atomic E-state index is 0.335. The Morgan fingerprint density at radius 2 is 1.89 bits per heavy atom. The van der Waals surface area contributed by atoms with Gasteiger partial charge in [-0.25, -0.2) is 0 Å². The summed E-state index contributed by atoms with van der Waals surface area (Å²) < 4.78 is 0. The van der Waals surface area contributed by atoms with Gasteiger partial charge in [0.25, 0.3) is 0 Å². The minimum Gasteiger partial charge on any atom is -0.481 e. The van der Waals surface area contributed by atoms with Gasteiger partial charge in [0.05, 0.1) is 5.41 Å². The Balaban J connectivity index is 1.20. The van der Waals surface area contributed by atoms with Crippen molar-refractivity contribution in [3.05, 3.63) is 41.5 Å². The zero-order valence-corrected chi connectivity index (χ0v) is 17.2. The predicted octanol–water partition coefficient (Wildman–Crippen LogP) is 5.66. The van der Waals surface area contributed by atoms with Crippen LogP contribution in [0.3, 0.4) is 0 Å². The Kier molecular flexibility index (Phi) is 5.91. The largest absolute Gasteiger partial charge is 0.481 e. The molecule has 3 aliphatic carbocycles. The average Bonchev–Trinajstić information content (AvgIpc) is 3.63. The molecular formula is C25H35NO2. The van der Waals surface area contributed by atoms with Gasteiger partial charge in [0.1, 0.15) is 0 Å². The minimum atomic E-state index is -0.557. The van der Waals surface area contributed by atoms with Crippen LogP contribution in [0.1, 0.15) is 76.7 Å². The topological polar surface area (TPSA) is 49.3 Å². The van der Waals surface area contributed by atoms with Crippen molar-refractivity contribution in [3.63, 3.8) is 0 Å². The highest BCUT2D eigenvalue weighted by molar-refractivity contribution is 5.77. The van der Waals surface area contributed by atoms with E-state index in [1.807, 2.05) is 0 Å². The lowest BCUT2D eigenvalue weighted by molar-refractivity contribution is -0.143. The molecule has 1 aromatic rings. The van der Waals surface area contributed by atoms with Crippen molar-refractivity contribution in [1.29, 1.82) is 0 Å². The van der Waals surface area contributed by atoms with E-state index in [1.165, 1.54) is 37.7 Å². The molecule has 0 bridgehead atoms. The van der Waals surface area contributed by atoms with Crippen molar-refractivity contribution in [2.24, 2.45) is 17.3 Å². The normalized spacial score (nSPS) is 31.4. The number of aliphatic carboxylic acids is 1. The Bertz CT molecular complexity index is 699. The maximum atomic E-state index is 11.3. The highest BCUT2D eigenvalue weighted by atomic mass is 16.4. The van der Waals surface area contributed by atoms with Crippen LogP contribution in [0.25, 0.3) is 6.08 Å². The van der Waals surface area contributed by atoms with Gasteiger partial charge < -0.3 is 10.4 Å². The smallest absolute Gasteiger partial charge is 0.309 e. The van der Waals surface area contributed by atoms with Gasteiger partial charge in [-0.1, -0.05) is 48.9 Å². The molecule has 2 N–H and O–H groups in total. The second-order valence-electron chi connectivity index (χ2n) is 9.44. The van der Waals surface area contributed by atoms with Gasteiger partial charge in [-0.05, 0) is 81.6 Å². The standard InChI is InChI=1S/C25H35NO2/c1-2-20(16-19-6-4-3-5-7-19)22-17-23(22)26-21-10-8-18(9-11-21)12-13-25(14-15-25)24(27)28/h3-7,16,18,21-23,26H,2,8-15,17H2,1H3,(H,27,28)/b20-16+/t18?,21?,22-,23+/m0/s1. The SMILES string of the molecule is CC/C(=C\c1ccccc1)[C@@H]1C[C@H]1NC1CCC(CCC2(C(=O)O)CC2)CC1. The van der Waals surface area contributed by atoms with E-state index in [0.717, 1.165) is 38.0 Å². The molecule has 0 unspecified atom stereocenters. The summed E-state index contributed by atoms with van der Waals surface area (Å²) in [6.07, 6.45) is 13.7.